The average Bonchev–Trinajstić information content (AvgIpc) is 2.96. The highest BCUT2D eigenvalue weighted by Gasteiger charge is 2.18. The fourth-order valence-corrected chi connectivity index (χ4v) is 3.20. The Balaban J connectivity index is 1.54. The van der Waals surface area contributed by atoms with E-state index in [-0.39, 0.29) is 0 Å². The van der Waals surface area contributed by atoms with E-state index in [1.807, 2.05) is 7.05 Å². The van der Waals surface area contributed by atoms with Gasteiger partial charge < -0.3 is 15.6 Å². The minimum Gasteiger partial charge on any atom is -0.357 e. The van der Waals surface area contributed by atoms with Gasteiger partial charge >= 0.3 is 0 Å². The molecule has 0 aliphatic heterocycles. The molecule has 1 aliphatic rings. The first-order chi connectivity index (χ1) is 10.7. The van der Waals surface area contributed by atoms with Crippen LogP contribution in [-0.4, -0.2) is 24.0 Å². The Hall–Kier alpha value is -1.97. The second kappa shape index (κ2) is 6.86. The Kier molecular flexibility index (Phi) is 4.66. The van der Waals surface area contributed by atoms with Crippen LogP contribution in [0.15, 0.2) is 35.3 Å². The molecular weight excluding hydrogens is 272 g/mol. The van der Waals surface area contributed by atoms with Crippen LogP contribution in [0.2, 0.25) is 0 Å². The topological polar surface area (TPSA) is 52.2 Å². The SMILES string of the molecule is CN=C(NCc1cc2ccccc2[nH]1)NC1CCC(C)CC1. The number of hydrogen-bond donors (Lipinski definition) is 3. The molecule has 0 amide bonds. The van der Waals surface area contributed by atoms with Crippen LogP contribution in [0, 0.1) is 5.92 Å². The van der Waals surface area contributed by atoms with Crippen LogP contribution in [0.1, 0.15) is 38.3 Å². The lowest BCUT2D eigenvalue weighted by atomic mass is 9.87. The molecular formula is C18H26N4. The minimum atomic E-state index is 0.560. The maximum atomic E-state index is 4.35. The van der Waals surface area contributed by atoms with Crippen LogP contribution in [0.4, 0.5) is 0 Å². The minimum absolute atomic E-state index is 0.560. The van der Waals surface area contributed by atoms with Crippen molar-refractivity contribution in [3.63, 3.8) is 0 Å². The first-order valence-electron chi connectivity index (χ1n) is 8.28. The Bertz CT molecular complexity index is 602. The van der Waals surface area contributed by atoms with Crippen molar-refractivity contribution < 1.29 is 0 Å². The maximum absolute atomic E-state index is 4.35. The normalized spacial score (nSPS) is 22.7. The van der Waals surface area contributed by atoms with Gasteiger partial charge in [0, 0.05) is 24.3 Å². The molecule has 4 heteroatoms. The van der Waals surface area contributed by atoms with Crippen molar-refractivity contribution >= 4 is 16.9 Å². The molecule has 1 aromatic heterocycles. The number of para-hydroxylation sites is 1. The van der Waals surface area contributed by atoms with E-state index in [2.05, 4.69) is 57.9 Å². The fraction of sp³-hybridized carbons (Fsp3) is 0.500. The van der Waals surface area contributed by atoms with Gasteiger partial charge in [-0.1, -0.05) is 25.1 Å². The molecule has 1 saturated carbocycles. The maximum Gasteiger partial charge on any atom is 0.191 e. The van der Waals surface area contributed by atoms with Gasteiger partial charge in [0.05, 0.1) is 6.54 Å². The lowest BCUT2D eigenvalue weighted by molar-refractivity contribution is 0.329. The summed E-state index contributed by atoms with van der Waals surface area (Å²) >= 11 is 0. The van der Waals surface area contributed by atoms with Crippen LogP contribution in [0.3, 0.4) is 0 Å². The Morgan fingerprint density at radius 2 is 2.00 bits per heavy atom. The highest BCUT2D eigenvalue weighted by Crippen LogP contribution is 2.23. The van der Waals surface area contributed by atoms with Crippen LogP contribution >= 0.6 is 0 Å². The smallest absolute Gasteiger partial charge is 0.191 e. The molecule has 1 aromatic carbocycles. The number of guanidine groups is 1. The number of fused-ring (bicyclic) bond motifs is 1. The van der Waals surface area contributed by atoms with Crippen molar-refractivity contribution in [2.24, 2.45) is 10.9 Å². The Morgan fingerprint density at radius 3 is 2.73 bits per heavy atom. The summed E-state index contributed by atoms with van der Waals surface area (Å²) in [5.74, 6) is 1.78. The third-order valence-corrected chi connectivity index (χ3v) is 4.61. The number of benzene rings is 1. The van der Waals surface area contributed by atoms with Gasteiger partial charge in [-0.15, -0.1) is 0 Å². The van der Waals surface area contributed by atoms with E-state index in [4.69, 9.17) is 0 Å². The van der Waals surface area contributed by atoms with Crippen LogP contribution in [-0.2, 0) is 6.54 Å². The van der Waals surface area contributed by atoms with Crippen molar-refractivity contribution in [1.29, 1.82) is 0 Å². The van der Waals surface area contributed by atoms with Gasteiger partial charge in [0.15, 0.2) is 5.96 Å². The molecule has 2 aromatic rings. The number of nitrogens with zero attached hydrogens (tertiary/aromatic N) is 1. The monoisotopic (exact) mass is 298 g/mol. The standard InChI is InChI=1S/C18H26N4/c1-13-7-9-15(10-8-13)22-18(19-2)20-12-16-11-14-5-3-4-6-17(14)21-16/h3-6,11,13,15,21H,7-10,12H2,1-2H3,(H2,19,20,22). The zero-order valence-electron chi connectivity index (χ0n) is 13.5. The summed E-state index contributed by atoms with van der Waals surface area (Å²) < 4.78 is 0. The first kappa shape index (κ1) is 14.9. The van der Waals surface area contributed by atoms with Crippen molar-refractivity contribution in [3.8, 4) is 0 Å². The molecule has 0 spiro atoms. The molecule has 1 fully saturated rings. The molecule has 0 bridgehead atoms. The van der Waals surface area contributed by atoms with Crippen molar-refractivity contribution in [3.05, 3.63) is 36.0 Å². The highest BCUT2D eigenvalue weighted by atomic mass is 15.2. The van der Waals surface area contributed by atoms with E-state index in [0.29, 0.717) is 6.04 Å². The summed E-state index contributed by atoms with van der Waals surface area (Å²) in [6.07, 6.45) is 5.12. The van der Waals surface area contributed by atoms with Gasteiger partial charge in [-0.25, -0.2) is 0 Å². The van der Waals surface area contributed by atoms with Crippen LogP contribution < -0.4 is 10.6 Å². The summed E-state index contributed by atoms with van der Waals surface area (Å²) in [6, 6.07) is 11.1. The second-order valence-corrected chi connectivity index (χ2v) is 6.41. The predicted octanol–water partition coefficient (Wildman–Crippen LogP) is 3.41. The van der Waals surface area contributed by atoms with E-state index in [1.54, 1.807) is 0 Å². The molecule has 4 nitrogen and oxygen atoms in total. The van der Waals surface area contributed by atoms with Gasteiger partial charge in [-0.2, -0.15) is 0 Å². The molecule has 118 valence electrons. The van der Waals surface area contributed by atoms with Crippen molar-refractivity contribution in [2.45, 2.75) is 45.2 Å². The van der Waals surface area contributed by atoms with Crippen LogP contribution in [0.5, 0.6) is 0 Å². The van der Waals surface area contributed by atoms with E-state index in [0.717, 1.165) is 18.4 Å². The van der Waals surface area contributed by atoms with Gasteiger partial charge in [0.2, 0.25) is 0 Å². The molecule has 3 N–H and O–H groups in total. The molecule has 0 radical (unpaired) electrons. The number of aromatic nitrogens is 1. The number of aliphatic imine (C=N–C) groups is 1. The molecule has 1 aliphatic carbocycles. The van der Waals surface area contributed by atoms with E-state index >= 15 is 0 Å². The number of H-pyrrole nitrogens is 1. The zero-order chi connectivity index (χ0) is 15.4. The number of rotatable bonds is 3. The lowest BCUT2D eigenvalue weighted by Gasteiger charge is -2.28. The number of aromatic amines is 1. The second-order valence-electron chi connectivity index (χ2n) is 6.41. The predicted molar refractivity (Wildman–Crippen MR) is 93.1 cm³/mol. The molecule has 22 heavy (non-hydrogen) atoms. The third-order valence-electron chi connectivity index (χ3n) is 4.61. The highest BCUT2D eigenvalue weighted by molar-refractivity contribution is 5.81. The first-order valence-corrected chi connectivity index (χ1v) is 8.28. The molecule has 0 unspecified atom stereocenters. The summed E-state index contributed by atoms with van der Waals surface area (Å²) in [7, 11) is 1.84. The third kappa shape index (κ3) is 3.62. The van der Waals surface area contributed by atoms with Crippen molar-refractivity contribution in [1.82, 2.24) is 15.6 Å². The van der Waals surface area contributed by atoms with Gasteiger partial charge in [-0.05, 0) is 49.1 Å². The van der Waals surface area contributed by atoms with E-state index in [9.17, 15) is 0 Å². The Morgan fingerprint density at radius 1 is 1.23 bits per heavy atom. The van der Waals surface area contributed by atoms with Crippen LogP contribution in [0.25, 0.3) is 10.9 Å². The lowest BCUT2D eigenvalue weighted by Crippen LogP contribution is -2.44. The van der Waals surface area contributed by atoms with Gasteiger partial charge in [0.1, 0.15) is 0 Å². The Labute approximate surface area is 132 Å². The summed E-state index contributed by atoms with van der Waals surface area (Å²) in [5, 5.41) is 8.22. The number of hydrogen-bond acceptors (Lipinski definition) is 1. The summed E-state index contributed by atoms with van der Waals surface area (Å²) in [4.78, 5) is 7.79. The molecule has 3 rings (SSSR count). The molecule has 0 atom stereocenters. The average molecular weight is 298 g/mol. The van der Waals surface area contributed by atoms with E-state index in [1.165, 1.54) is 42.3 Å². The fourth-order valence-electron chi connectivity index (χ4n) is 3.20. The quantitative estimate of drug-likeness (QED) is 0.601. The summed E-state index contributed by atoms with van der Waals surface area (Å²) in [5.41, 5.74) is 2.37. The van der Waals surface area contributed by atoms with Crippen molar-refractivity contribution in [2.75, 3.05) is 7.05 Å². The molecule has 1 heterocycles. The van der Waals surface area contributed by atoms with E-state index < -0.39 is 0 Å². The van der Waals surface area contributed by atoms with Gasteiger partial charge in [0.25, 0.3) is 0 Å². The number of nitrogens with one attached hydrogen (secondary N) is 3. The largest absolute Gasteiger partial charge is 0.357 e. The molecule has 0 saturated heterocycles. The zero-order valence-corrected chi connectivity index (χ0v) is 13.5. The van der Waals surface area contributed by atoms with Gasteiger partial charge in [-0.3, -0.25) is 4.99 Å². The summed E-state index contributed by atoms with van der Waals surface area (Å²) in [6.45, 7) is 3.11.